The lowest BCUT2D eigenvalue weighted by Gasteiger charge is -2.42. The van der Waals surface area contributed by atoms with Crippen LogP contribution in [0.25, 0.3) is 11.0 Å². The Hall–Kier alpha value is -3.57. The molecule has 0 unspecified atom stereocenters. The van der Waals surface area contributed by atoms with Gasteiger partial charge in [0.05, 0.1) is 30.7 Å². The van der Waals surface area contributed by atoms with E-state index in [-0.39, 0.29) is 42.3 Å². The first kappa shape index (κ1) is 34.3. The Morgan fingerprint density at radius 3 is 2.46 bits per heavy atom. The molecule has 262 valence electrons. The van der Waals surface area contributed by atoms with Gasteiger partial charge in [-0.25, -0.2) is 14.8 Å². The number of fused-ring (bicyclic) bond motifs is 5. The summed E-state index contributed by atoms with van der Waals surface area (Å²) >= 11 is 0. The molecule has 2 aliphatic heterocycles. The van der Waals surface area contributed by atoms with Crippen LogP contribution >= 0.6 is 0 Å². The van der Waals surface area contributed by atoms with Gasteiger partial charge in [-0.1, -0.05) is 39.5 Å². The van der Waals surface area contributed by atoms with Crippen LogP contribution in [0.5, 0.6) is 11.6 Å². The number of rotatable bonds is 4. The molecule has 1 aromatic heterocycles. The molecule has 6 atom stereocenters. The van der Waals surface area contributed by atoms with E-state index < -0.39 is 53.7 Å². The molecule has 2 saturated carbocycles. The Balaban J connectivity index is 1.42. The first-order valence-corrected chi connectivity index (χ1v) is 17.7. The summed E-state index contributed by atoms with van der Waals surface area (Å²) in [7, 11) is 1.51. The van der Waals surface area contributed by atoms with Crippen molar-refractivity contribution in [2.24, 2.45) is 17.3 Å². The number of hydrogen-bond acceptors (Lipinski definition) is 8. The second-order valence-electron chi connectivity index (χ2n) is 14.5. The first-order valence-electron chi connectivity index (χ1n) is 17.7. The Kier molecular flexibility index (Phi) is 10.1. The Bertz CT molecular complexity index is 1500. The monoisotopic (exact) mass is 670 g/mol. The molecule has 1 N–H and O–H groups in total. The lowest BCUT2D eigenvalue weighted by atomic mass is 9.70. The number of benzene rings is 1. The molecular formula is C36H48F2N4O6. The third kappa shape index (κ3) is 6.81. The van der Waals surface area contributed by atoms with Crippen molar-refractivity contribution >= 4 is 29.3 Å². The number of ether oxygens (including phenoxy) is 3. The van der Waals surface area contributed by atoms with Gasteiger partial charge in [0.2, 0.25) is 11.8 Å². The highest BCUT2D eigenvalue weighted by Crippen LogP contribution is 2.43. The second-order valence-corrected chi connectivity index (χ2v) is 14.5. The van der Waals surface area contributed by atoms with Crippen molar-refractivity contribution in [1.82, 2.24) is 20.2 Å². The average molecular weight is 671 g/mol. The van der Waals surface area contributed by atoms with Gasteiger partial charge in [-0.15, -0.1) is 0 Å². The fourth-order valence-electron chi connectivity index (χ4n) is 8.55. The maximum absolute atomic E-state index is 16.1. The van der Waals surface area contributed by atoms with E-state index in [1.807, 2.05) is 13.8 Å². The molecule has 2 amide bonds. The van der Waals surface area contributed by atoms with Crippen LogP contribution in [0, 0.1) is 17.3 Å². The molecule has 2 aromatic rings. The number of carbonyl (C=O) groups is 3. The molecule has 0 spiro atoms. The summed E-state index contributed by atoms with van der Waals surface area (Å²) in [4.78, 5) is 51.2. The number of halogens is 2. The predicted octanol–water partition coefficient (Wildman–Crippen LogP) is 6.72. The summed E-state index contributed by atoms with van der Waals surface area (Å²) in [6.45, 7) is 3.86. The van der Waals surface area contributed by atoms with E-state index in [0.717, 1.165) is 51.2 Å². The van der Waals surface area contributed by atoms with Crippen LogP contribution in [-0.4, -0.2) is 71.1 Å². The van der Waals surface area contributed by atoms with E-state index in [9.17, 15) is 14.4 Å². The molecular weight excluding hydrogens is 622 g/mol. The number of amides is 2. The van der Waals surface area contributed by atoms with Crippen LogP contribution in [-0.2, 0) is 20.2 Å². The summed E-state index contributed by atoms with van der Waals surface area (Å²) < 4.78 is 49.9. The molecule has 4 aliphatic rings. The van der Waals surface area contributed by atoms with Crippen LogP contribution in [0.2, 0.25) is 0 Å². The molecule has 3 fully saturated rings. The van der Waals surface area contributed by atoms with E-state index in [1.54, 1.807) is 18.2 Å². The smallest absolute Gasteiger partial charge is 0.408 e. The van der Waals surface area contributed by atoms with Crippen molar-refractivity contribution in [2.75, 3.05) is 13.7 Å². The molecule has 1 aromatic carbocycles. The maximum atomic E-state index is 16.1. The van der Waals surface area contributed by atoms with Crippen molar-refractivity contribution in [2.45, 2.75) is 128 Å². The minimum absolute atomic E-state index is 0.0302. The lowest BCUT2D eigenvalue weighted by Crippen LogP contribution is -2.58. The van der Waals surface area contributed by atoms with Gasteiger partial charge < -0.3 is 29.2 Å². The molecule has 3 heterocycles. The normalized spacial score (nSPS) is 31.0. The van der Waals surface area contributed by atoms with Gasteiger partial charge >= 0.3 is 6.09 Å². The molecule has 2 bridgehead atoms. The quantitative estimate of drug-likeness (QED) is 0.356. The molecule has 48 heavy (non-hydrogen) atoms. The maximum Gasteiger partial charge on any atom is 0.408 e. The Morgan fingerprint density at radius 2 is 1.73 bits per heavy atom. The van der Waals surface area contributed by atoms with Crippen molar-refractivity contribution < 1.29 is 37.4 Å². The Morgan fingerprint density at radius 1 is 0.979 bits per heavy atom. The third-order valence-corrected chi connectivity index (χ3v) is 11.4. The Labute approximate surface area is 280 Å². The number of aromatic nitrogens is 2. The van der Waals surface area contributed by atoms with E-state index in [1.165, 1.54) is 12.0 Å². The lowest BCUT2D eigenvalue weighted by molar-refractivity contribution is -0.140. The number of carbonyl (C=O) groups excluding carboxylic acids is 3. The summed E-state index contributed by atoms with van der Waals surface area (Å²) in [5.74, 6) is -4.00. The number of alkyl halides is 2. The van der Waals surface area contributed by atoms with Gasteiger partial charge in [-0.05, 0) is 74.8 Å². The van der Waals surface area contributed by atoms with Gasteiger partial charge in [0.1, 0.15) is 30.3 Å². The number of nitrogens with zero attached hydrogens (tertiary/aromatic N) is 3. The van der Waals surface area contributed by atoms with Crippen molar-refractivity contribution in [3.8, 4) is 11.6 Å². The third-order valence-electron chi connectivity index (χ3n) is 11.4. The van der Waals surface area contributed by atoms with E-state index >= 15 is 8.78 Å². The zero-order valence-electron chi connectivity index (χ0n) is 28.2. The second kappa shape index (κ2) is 14.1. The zero-order valence-corrected chi connectivity index (χ0v) is 28.2. The minimum Gasteiger partial charge on any atom is -0.497 e. The highest BCUT2D eigenvalue weighted by atomic mass is 19.3. The number of hydrogen-bond donors (Lipinski definition) is 1. The number of methoxy groups -OCH3 is 1. The van der Waals surface area contributed by atoms with Crippen molar-refractivity contribution in [3.63, 3.8) is 0 Å². The van der Waals surface area contributed by atoms with Gasteiger partial charge in [-0.3, -0.25) is 4.79 Å². The summed E-state index contributed by atoms with van der Waals surface area (Å²) in [6, 6.07) is 3.06. The van der Waals surface area contributed by atoms with Crippen molar-refractivity contribution in [1.29, 1.82) is 0 Å². The fourth-order valence-corrected chi connectivity index (χ4v) is 8.55. The van der Waals surface area contributed by atoms with Crippen LogP contribution in [0.15, 0.2) is 18.2 Å². The summed E-state index contributed by atoms with van der Waals surface area (Å²) in [5.41, 5.74) is -0.481. The number of aldehydes is 1. The van der Waals surface area contributed by atoms with Gasteiger partial charge in [0, 0.05) is 18.4 Å². The topological polar surface area (TPSA) is 120 Å². The predicted molar refractivity (Wildman–Crippen MR) is 174 cm³/mol. The highest BCUT2D eigenvalue weighted by Gasteiger charge is 2.51. The molecule has 2 aliphatic carbocycles. The molecule has 6 rings (SSSR count). The van der Waals surface area contributed by atoms with Crippen LogP contribution in [0.4, 0.5) is 13.6 Å². The molecule has 0 radical (unpaired) electrons. The zero-order chi connectivity index (χ0) is 34.1. The first-order chi connectivity index (χ1) is 23.1. The highest BCUT2D eigenvalue weighted by molar-refractivity contribution is 5.89. The molecule has 10 nitrogen and oxygen atoms in total. The van der Waals surface area contributed by atoms with Crippen LogP contribution in [0.3, 0.4) is 0 Å². The van der Waals surface area contributed by atoms with Crippen LogP contribution < -0.4 is 14.8 Å². The van der Waals surface area contributed by atoms with E-state index in [0.29, 0.717) is 36.9 Å². The molecule has 12 heteroatoms. The fraction of sp³-hybridized carbons (Fsp3) is 0.694. The van der Waals surface area contributed by atoms with Gasteiger partial charge in [0.25, 0.3) is 5.92 Å². The van der Waals surface area contributed by atoms with E-state index in [4.69, 9.17) is 14.2 Å². The summed E-state index contributed by atoms with van der Waals surface area (Å²) in [6.07, 6.45) is 7.13. The standard InChI is InChI=1S/C36H48F2N4O6/c1-4-24-27(21-43)42-20-29(24)47-32-30(39-25-15-14-23(46-3)19-26(25)40-32)36(37,38)18-9-6-11-22-12-10-13-28(22)48-34(45)41-31(33(42)44)35(2)16-7-5-8-17-35/h14-15,19,21-22,24,27-29,31H,4-13,16-18,20H2,1-3H3,(H,41,45)/t22-,24+,27-,28-,29+,31-/m1/s1. The SMILES string of the molecule is CC[C@@H]1[C@@H]2CN(C(=O)[C@H](C3(C)CCCCC3)NC(=O)O[C@@H]3CCC[C@H]3CCCCC(F)(F)c3nc4ccc(OC)cc4nc3O2)[C@@H]1C=O. The van der Waals surface area contributed by atoms with Crippen LogP contribution in [0.1, 0.15) is 103 Å². The van der Waals surface area contributed by atoms with Gasteiger partial charge in [-0.2, -0.15) is 8.78 Å². The number of alkyl carbamates (subject to hydrolysis) is 1. The average Bonchev–Trinajstić information content (AvgIpc) is 3.67. The number of nitrogens with one attached hydrogen (secondary N) is 1. The van der Waals surface area contributed by atoms with E-state index in [2.05, 4.69) is 15.3 Å². The van der Waals surface area contributed by atoms with Crippen molar-refractivity contribution in [3.05, 3.63) is 23.9 Å². The minimum atomic E-state index is -3.35. The van der Waals surface area contributed by atoms with Gasteiger partial charge in [0.15, 0.2) is 5.69 Å². The largest absolute Gasteiger partial charge is 0.497 e. The summed E-state index contributed by atoms with van der Waals surface area (Å²) in [5, 5.41) is 2.97. The molecule has 1 saturated heterocycles.